The van der Waals surface area contributed by atoms with Crippen molar-refractivity contribution in [3.05, 3.63) is 59.3 Å². The molecule has 1 saturated heterocycles. The molecule has 1 atom stereocenters. The smallest absolute Gasteiger partial charge is 0.256 e. The first-order chi connectivity index (χ1) is 17.3. The van der Waals surface area contributed by atoms with E-state index in [1.165, 1.54) is 17.0 Å². The summed E-state index contributed by atoms with van der Waals surface area (Å²) >= 11 is 0. The van der Waals surface area contributed by atoms with Crippen LogP contribution in [-0.4, -0.2) is 70.6 Å². The topological polar surface area (TPSA) is 91.9 Å². The molecule has 1 heterocycles. The zero-order chi connectivity index (χ0) is 26.2. The molecule has 1 unspecified atom stereocenters. The molecule has 1 aliphatic rings. The van der Waals surface area contributed by atoms with Crippen LogP contribution < -0.4 is 25.4 Å². The number of carbonyl (C=O) groups excluding carboxylic acids is 2. The van der Waals surface area contributed by atoms with Crippen LogP contribution in [0, 0.1) is 17.6 Å². The van der Waals surface area contributed by atoms with Crippen LogP contribution in [0.15, 0.2) is 36.5 Å². The Hall–Kier alpha value is -3.66. The summed E-state index contributed by atoms with van der Waals surface area (Å²) in [6.45, 7) is 2.72. The lowest BCUT2D eigenvalue weighted by Crippen LogP contribution is -2.52. The predicted molar refractivity (Wildman–Crippen MR) is 134 cm³/mol. The van der Waals surface area contributed by atoms with Crippen molar-refractivity contribution >= 4 is 23.5 Å². The summed E-state index contributed by atoms with van der Waals surface area (Å²) in [4.78, 5) is 24.8. The lowest BCUT2D eigenvalue weighted by molar-refractivity contribution is -0.109. The van der Waals surface area contributed by atoms with E-state index in [9.17, 15) is 18.4 Å². The maximum absolute atomic E-state index is 14.7. The number of hydrogen-bond acceptors (Lipinski definition) is 7. The number of ether oxygens (including phenoxy) is 2. The molecule has 2 aromatic carbocycles. The second kappa shape index (κ2) is 12.3. The number of aldehydes is 1. The first kappa shape index (κ1) is 26.9. The van der Waals surface area contributed by atoms with Crippen molar-refractivity contribution in [3.63, 3.8) is 0 Å². The Morgan fingerprint density at radius 1 is 1.11 bits per heavy atom. The molecule has 0 saturated carbocycles. The van der Waals surface area contributed by atoms with E-state index in [0.29, 0.717) is 25.1 Å². The Kier molecular flexibility index (Phi) is 9.24. The van der Waals surface area contributed by atoms with Gasteiger partial charge in [-0.1, -0.05) is 6.07 Å². The summed E-state index contributed by atoms with van der Waals surface area (Å²) in [6.07, 6.45) is 2.38. The van der Waals surface area contributed by atoms with Crippen molar-refractivity contribution in [1.82, 2.24) is 15.5 Å². The summed E-state index contributed by atoms with van der Waals surface area (Å²) in [6, 6.07) is 7.32. The zero-order valence-electron chi connectivity index (χ0n) is 20.9. The van der Waals surface area contributed by atoms with Crippen molar-refractivity contribution < 1.29 is 27.8 Å². The van der Waals surface area contributed by atoms with Gasteiger partial charge in [-0.05, 0) is 43.3 Å². The molecule has 0 spiro atoms. The fourth-order valence-electron chi connectivity index (χ4n) is 3.94. The predicted octanol–water partition coefficient (Wildman–Crippen LogP) is 2.90. The van der Waals surface area contributed by atoms with Gasteiger partial charge in [0.15, 0.2) is 17.9 Å². The summed E-state index contributed by atoms with van der Waals surface area (Å²) in [5.74, 6) is -1.38. The van der Waals surface area contributed by atoms with Crippen molar-refractivity contribution in [2.24, 2.45) is 5.92 Å². The third-order valence-electron chi connectivity index (χ3n) is 6.06. The largest absolute Gasteiger partial charge is 0.490 e. The van der Waals surface area contributed by atoms with Gasteiger partial charge in [-0.25, -0.2) is 8.78 Å². The lowest BCUT2D eigenvalue weighted by atomic mass is 9.99. The molecule has 0 radical (unpaired) electrons. The third kappa shape index (κ3) is 6.12. The molecule has 1 amide bonds. The van der Waals surface area contributed by atoms with Crippen LogP contribution in [0.25, 0.3) is 5.57 Å². The fraction of sp³-hybridized carbons (Fsp3) is 0.385. The van der Waals surface area contributed by atoms with E-state index in [-0.39, 0.29) is 42.2 Å². The molecule has 0 aliphatic carbocycles. The normalized spacial score (nSPS) is 14.6. The Morgan fingerprint density at radius 3 is 2.47 bits per heavy atom. The summed E-state index contributed by atoms with van der Waals surface area (Å²) in [7, 11) is 5.23. The number of carbonyl (C=O) groups is 2. The Morgan fingerprint density at radius 2 is 1.86 bits per heavy atom. The number of nitrogens with one attached hydrogen (secondary N) is 3. The van der Waals surface area contributed by atoms with Crippen molar-refractivity contribution in [2.45, 2.75) is 13.0 Å². The van der Waals surface area contributed by atoms with E-state index in [1.807, 2.05) is 20.2 Å². The molecule has 2 aromatic rings. The SMILES string of the molecule is CN/C=C(/c1ccc(OCC2CN(C(=O)c3cc(NC)c(OCC=O)cc3F)C2)c(F)c1)C(C)NC. The second-order valence-electron chi connectivity index (χ2n) is 8.49. The highest BCUT2D eigenvalue weighted by molar-refractivity contribution is 5.96. The summed E-state index contributed by atoms with van der Waals surface area (Å²) in [5, 5.41) is 8.96. The standard InChI is InChI=1S/C26H32F2N4O4/c1-16(30-3)20(12-29-2)18-5-6-24(22(28)9-18)36-15-17-13-32(14-17)26(34)19-10-23(31-4)25(11-21(19)27)35-8-7-33/h5-7,9-12,16-17,29-31H,8,13-15H2,1-4H3/b20-12+. The average molecular weight is 503 g/mol. The number of likely N-dealkylation sites (N-methyl/N-ethyl adjacent to an activating group) is 1. The van der Waals surface area contributed by atoms with E-state index in [4.69, 9.17) is 9.47 Å². The highest BCUT2D eigenvalue weighted by Gasteiger charge is 2.33. The van der Waals surface area contributed by atoms with Gasteiger partial charge >= 0.3 is 0 Å². The van der Waals surface area contributed by atoms with Crippen LogP contribution in [0.4, 0.5) is 14.5 Å². The van der Waals surface area contributed by atoms with Crippen molar-refractivity contribution in [1.29, 1.82) is 0 Å². The van der Waals surface area contributed by atoms with Crippen LogP contribution >= 0.6 is 0 Å². The molecule has 1 fully saturated rings. The quantitative estimate of drug-likeness (QED) is 0.385. The van der Waals surface area contributed by atoms with Crippen molar-refractivity contribution in [3.8, 4) is 11.5 Å². The Labute approximate surface area is 209 Å². The molecule has 1 aliphatic heterocycles. The number of anilines is 1. The van der Waals surface area contributed by atoms with E-state index < -0.39 is 17.5 Å². The highest BCUT2D eigenvalue weighted by Crippen LogP contribution is 2.30. The summed E-state index contributed by atoms with van der Waals surface area (Å²) < 4.78 is 40.1. The van der Waals surface area contributed by atoms with E-state index in [0.717, 1.165) is 17.2 Å². The number of amides is 1. The Bertz CT molecular complexity index is 1120. The minimum atomic E-state index is -0.735. The molecule has 194 valence electrons. The summed E-state index contributed by atoms with van der Waals surface area (Å²) in [5.41, 5.74) is 1.95. The second-order valence-corrected chi connectivity index (χ2v) is 8.49. The van der Waals surface area contributed by atoms with Gasteiger partial charge in [0, 0.05) is 51.4 Å². The molecule has 3 N–H and O–H groups in total. The molecule has 0 aromatic heterocycles. The van der Waals surface area contributed by atoms with Gasteiger partial charge in [0.2, 0.25) is 0 Å². The number of halogens is 2. The number of rotatable bonds is 12. The molecule has 0 bridgehead atoms. The molecular formula is C26H32F2N4O4. The van der Waals surface area contributed by atoms with Gasteiger partial charge in [-0.15, -0.1) is 0 Å². The maximum Gasteiger partial charge on any atom is 0.256 e. The average Bonchev–Trinajstić information content (AvgIpc) is 2.85. The van der Waals surface area contributed by atoms with Crippen LogP contribution in [0.1, 0.15) is 22.8 Å². The number of hydrogen-bond donors (Lipinski definition) is 3. The van der Waals surface area contributed by atoms with E-state index in [2.05, 4.69) is 16.0 Å². The molecular weight excluding hydrogens is 470 g/mol. The monoisotopic (exact) mass is 502 g/mol. The molecule has 8 nitrogen and oxygen atoms in total. The zero-order valence-corrected chi connectivity index (χ0v) is 20.9. The molecule has 3 rings (SSSR count). The van der Waals surface area contributed by atoms with Crippen LogP contribution in [-0.2, 0) is 4.79 Å². The third-order valence-corrected chi connectivity index (χ3v) is 6.06. The van der Waals surface area contributed by atoms with Gasteiger partial charge in [-0.3, -0.25) is 9.59 Å². The van der Waals surface area contributed by atoms with Gasteiger partial charge in [0.05, 0.1) is 17.9 Å². The minimum absolute atomic E-state index is 0.000817. The van der Waals surface area contributed by atoms with Crippen LogP contribution in [0.3, 0.4) is 0 Å². The van der Waals surface area contributed by atoms with Gasteiger partial charge in [0.1, 0.15) is 18.2 Å². The van der Waals surface area contributed by atoms with Crippen LogP contribution in [0.5, 0.6) is 11.5 Å². The van der Waals surface area contributed by atoms with E-state index in [1.54, 1.807) is 26.2 Å². The Balaban J connectivity index is 1.58. The molecule has 36 heavy (non-hydrogen) atoms. The first-order valence-corrected chi connectivity index (χ1v) is 11.7. The highest BCUT2D eigenvalue weighted by atomic mass is 19.1. The van der Waals surface area contributed by atoms with E-state index >= 15 is 0 Å². The fourth-order valence-corrected chi connectivity index (χ4v) is 3.94. The maximum atomic E-state index is 14.7. The van der Waals surface area contributed by atoms with Gasteiger partial charge in [0.25, 0.3) is 5.91 Å². The van der Waals surface area contributed by atoms with Crippen LogP contribution in [0.2, 0.25) is 0 Å². The van der Waals surface area contributed by atoms with Gasteiger partial charge in [-0.2, -0.15) is 0 Å². The molecule has 10 heteroatoms. The number of likely N-dealkylation sites (tertiary alicyclic amines) is 1. The number of benzene rings is 2. The first-order valence-electron chi connectivity index (χ1n) is 11.7. The minimum Gasteiger partial charge on any atom is -0.490 e. The van der Waals surface area contributed by atoms with Gasteiger partial charge < -0.3 is 30.3 Å². The number of nitrogens with zero attached hydrogens (tertiary/aromatic N) is 1. The lowest BCUT2D eigenvalue weighted by Gasteiger charge is -2.39. The van der Waals surface area contributed by atoms with Crippen molar-refractivity contribution in [2.75, 3.05) is 52.8 Å².